The Labute approximate surface area is 168 Å². The summed E-state index contributed by atoms with van der Waals surface area (Å²) in [5.41, 5.74) is 2.23. The molecule has 29 heavy (non-hydrogen) atoms. The fourth-order valence-electron chi connectivity index (χ4n) is 3.49. The fourth-order valence-corrected chi connectivity index (χ4v) is 4.80. The first-order chi connectivity index (χ1) is 14.0. The number of sulfonamides is 1. The van der Waals surface area contributed by atoms with E-state index in [1.807, 2.05) is 6.07 Å². The number of hydrogen-bond acceptors (Lipinski definition) is 5. The zero-order valence-corrected chi connectivity index (χ0v) is 16.8. The maximum atomic E-state index is 12.8. The summed E-state index contributed by atoms with van der Waals surface area (Å²) in [6, 6.07) is 11.4. The first-order valence-corrected chi connectivity index (χ1v) is 10.8. The Morgan fingerprint density at radius 1 is 1.17 bits per heavy atom. The number of fused-ring (bicyclic) bond motifs is 1. The molecular formula is C20H22N4O4S. The topological polar surface area (TPSA) is 104 Å². The normalized spacial score (nSPS) is 15.6. The quantitative estimate of drug-likeness (QED) is 0.666. The Balaban J connectivity index is 1.37. The van der Waals surface area contributed by atoms with Crippen LogP contribution in [-0.2, 0) is 10.0 Å². The molecule has 0 unspecified atom stereocenters. The standard InChI is InChI=1S/C20H22N4O4S/c1-28-16-3-5-17(6-4-16)29(26,27)23-15-8-10-24(11-9-15)20(25)14-2-7-18-19(12-14)22-13-21-18/h2-7,12-13,15,23H,8-11H2,1H3,(H,21,22). The molecule has 1 amide bonds. The summed E-state index contributed by atoms with van der Waals surface area (Å²) < 4.78 is 33.0. The Hall–Kier alpha value is -2.91. The molecule has 1 aromatic heterocycles. The number of carbonyl (C=O) groups excluding carboxylic acids is 1. The lowest BCUT2D eigenvalue weighted by Crippen LogP contribution is -2.46. The summed E-state index contributed by atoms with van der Waals surface area (Å²) >= 11 is 0. The van der Waals surface area contributed by atoms with Gasteiger partial charge in [-0.05, 0) is 55.3 Å². The van der Waals surface area contributed by atoms with Gasteiger partial charge in [-0.25, -0.2) is 18.1 Å². The number of aromatic amines is 1. The van der Waals surface area contributed by atoms with Crippen molar-refractivity contribution in [2.75, 3.05) is 20.2 Å². The summed E-state index contributed by atoms with van der Waals surface area (Å²) in [6.45, 7) is 0.991. The summed E-state index contributed by atoms with van der Waals surface area (Å²) in [5, 5.41) is 0. The van der Waals surface area contributed by atoms with E-state index in [1.54, 1.807) is 35.5 Å². The first-order valence-electron chi connectivity index (χ1n) is 9.35. The number of H-pyrrole nitrogens is 1. The van der Waals surface area contributed by atoms with Gasteiger partial charge in [0.2, 0.25) is 10.0 Å². The number of rotatable bonds is 5. The summed E-state index contributed by atoms with van der Waals surface area (Å²) in [6.07, 6.45) is 2.72. The maximum absolute atomic E-state index is 12.8. The Bertz CT molecular complexity index is 1120. The molecule has 2 N–H and O–H groups in total. The molecule has 0 spiro atoms. The minimum Gasteiger partial charge on any atom is -0.497 e. The molecule has 4 rings (SSSR count). The molecule has 1 aliphatic rings. The average Bonchev–Trinajstić information content (AvgIpc) is 3.21. The SMILES string of the molecule is COc1ccc(S(=O)(=O)NC2CCN(C(=O)c3ccc4nc[nH]c4c3)CC2)cc1. The van der Waals surface area contributed by atoms with E-state index in [-0.39, 0.29) is 16.8 Å². The second kappa shape index (κ2) is 7.84. The van der Waals surface area contributed by atoms with E-state index in [4.69, 9.17) is 4.74 Å². The van der Waals surface area contributed by atoms with Crippen LogP contribution in [0.3, 0.4) is 0 Å². The third kappa shape index (κ3) is 4.10. The van der Waals surface area contributed by atoms with E-state index >= 15 is 0 Å². The summed E-state index contributed by atoms with van der Waals surface area (Å²) in [4.78, 5) is 21.9. The Morgan fingerprint density at radius 2 is 1.90 bits per heavy atom. The fraction of sp³-hybridized carbons (Fsp3) is 0.300. The molecule has 1 saturated heterocycles. The third-order valence-electron chi connectivity index (χ3n) is 5.14. The molecule has 0 bridgehead atoms. The van der Waals surface area contributed by atoms with Gasteiger partial charge in [-0.2, -0.15) is 0 Å². The van der Waals surface area contributed by atoms with Gasteiger partial charge < -0.3 is 14.6 Å². The number of ether oxygens (including phenoxy) is 1. The van der Waals surface area contributed by atoms with Crippen LogP contribution in [0.4, 0.5) is 0 Å². The highest BCUT2D eigenvalue weighted by atomic mass is 32.2. The Morgan fingerprint density at radius 3 is 2.59 bits per heavy atom. The molecule has 0 radical (unpaired) electrons. The zero-order chi connectivity index (χ0) is 20.4. The van der Waals surface area contributed by atoms with Crippen molar-refractivity contribution in [3.63, 3.8) is 0 Å². The number of carbonyl (C=O) groups is 1. The predicted molar refractivity (Wildman–Crippen MR) is 108 cm³/mol. The molecule has 9 heteroatoms. The van der Waals surface area contributed by atoms with Crippen LogP contribution in [0.1, 0.15) is 23.2 Å². The number of hydrogen-bond donors (Lipinski definition) is 2. The van der Waals surface area contributed by atoms with Crippen LogP contribution in [0.2, 0.25) is 0 Å². The van der Waals surface area contributed by atoms with Crippen molar-refractivity contribution in [3.05, 3.63) is 54.4 Å². The largest absolute Gasteiger partial charge is 0.497 e. The number of benzene rings is 2. The van der Waals surface area contributed by atoms with Crippen molar-refractivity contribution < 1.29 is 17.9 Å². The summed E-state index contributed by atoms with van der Waals surface area (Å²) in [7, 11) is -2.08. The van der Waals surface area contributed by atoms with Crippen LogP contribution in [0, 0.1) is 0 Å². The zero-order valence-electron chi connectivity index (χ0n) is 16.0. The number of nitrogens with one attached hydrogen (secondary N) is 2. The molecule has 2 aromatic carbocycles. The van der Waals surface area contributed by atoms with Gasteiger partial charge in [0.15, 0.2) is 0 Å². The van der Waals surface area contributed by atoms with Crippen molar-refractivity contribution in [2.24, 2.45) is 0 Å². The van der Waals surface area contributed by atoms with Gasteiger partial charge in [0, 0.05) is 24.7 Å². The minimum atomic E-state index is -3.61. The number of aromatic nitrogens is 2. The molecule has 0 atom stereocenters. The third-order valence-corrected chi connectivity index (χ3v) is 6.68. The van der Waals surface area contributed by atoms with Gasteiger partial charge in [0.1, 0.15) is 5.75 Å². The number of amides is 1. The average molecular weight is 414 g/mol. The minimum absolute atomic E-state index is 0.0574. The van der Waals surface area contributed by atoms with Crippen molar-refractivity contribution >= 4 is 27.0 Å². The lowest BCUT2D eigenvalue weighted by molar-refractivity contribution is 0.0711. The predicted octanol–water partition coefficient (Wildman–Crippen LogP) is 2.15. The molecule has 152 valence electrons. The van der Waals surface area contributed by atoms with Crippen LogP contribution in [0.25, 0.3) is 11.0 Å². The van der Waals surface area contributed by atoms with Crippen LogP contribution < -0.4 is 9.46 Å². The van der Waals surface area contributed by atoms with Crippen molar-refractivity contribution in [2.45, 2.75) is 23.8 Å². The van der Waals surface area contributed by atoms with Crippen LogP contribution in [-0.4, -0.2) is 55.4 Å². The van der Waals surface area contributed by atoms with Crippen LogP contribution in [0.5, 0.6) is 5.75 Å². The van der Waals surface area contributed by atoms with E-state index in [1.165, 1.54) is 19.2 Å². The van der Waals surface area contributed by atoms with Crippen LogP contribution >= 0.6 is 0 Å². The summed E-state index contributed by atoms with van der Waals surface area (Å²) in [5.74, 6) is 0.544. The van der Waals surface area contributed by atoms with Gasteiger partial charge in [0.25, 0.3) is 5.91 Å². The van der Waals surface area contributed by atoms with E-state index in [0.29, 0.717) is 37.2 Å². The van der Waals surface area contributed by atoms with Crippen LogP contribution in [0.15, 0.2) is 53.7 Å². The van der Waals surface area contributed by atoms with E-state index in [9.17, 15) is 13.2 Å². The van der Waals surface area contributed by atoms with E-state index in [2.05, 4.69) is 14.7 Å². The van der Waals surface area contributed by atoms with Crippen molar-refractivity contribution in [1.29, 1.82) is 0 Å². The number of imidazole rings is 1. The second-order valence-corrected chi connectivity index (χ2v) is 8.71. The first kappa shape index (κ1) is 19.4. The monoisotopic (exact) mass is 414 g/mol. The molecule has 0 aliphatic carbocycles. The lowest BCUT2D eigenvalue weighted by atomic mass is 10.0. The molecule has 1 aliphatic heterocycles. The number of piperidine rings is 1. The molecular weight excluding hydrogens is 392 g/mol. The van der Waals surface area contributed by atoms with Crippen molar-refractivity contribution in [1.82, 2.24) is 19.6 Å². The van der Waals surface area contributed by atoms with Gasteiger partial charge in [0.05, 0.1) is 29.4 Å². The van der Waals surface area contributed by atoms with E-state index < -0.39 is 10.0 Å². The molecule has 8 nitrogen and oxygen atoms in total. The molecule has 2 heterocycles. The number of methoxy groups -OCH3 is 1. The highest BCUT2D eigenvalue weighted by molar-refractivity contribution is 7.89. The lowest BCUT2D eigenvalue weighted by Gasteiger charge is -2.32. The van der Waals surface area contributed by atoms with Gasteiger partial charge in [-0.15, -0.1) is 0 Å². The smallest absolute Gasteiger partial charge is 0.253 e. The molecule has 1 fully saturated rings. The molecule has 0 saturated carbocycles. The van der Waals surface area contributed by atoms with E-state index in [0.717, 1.165) is 11.0 Å². The maximum Gasteiger partial charge on any atom is 0.253 e. The van der Waals surface area contributed by atoms with Crippen molar-refractivity contribution in [3.8, 4) is 5.75 Å². The highest BCUT2D eigenvalue weighted by Crippen LogP contribution is 2.20. The van der Waals surface area contributed by atoms with Gasteiger partial charge in [-0.1, -0.05) is 0 Å². The second-order valence-electron chi connectivity index (χ2n) is 7.00. The highest BCUT2D eigenvalue weighted by Gasteiger charge is 2.27. The van der Waals surface area contributed by atoms with Gasteiger partial charge >= 0.3 is 0 Å². The number of nitrogens with zero attached hydrogens (tertiary/aromatic N) is 2. The number of likely N-dealkylation sites (tertiary alicyclic amines) is 1. The van der Waals surface area contributed by atoms with Gasteiger partial charge in [-0.3, -0.25) is 4.79 Å². The Kier molecular flexibility index (Phi) is 5.25. The molecule has 3 aromatic rings.